The van der Waals surface area contributed by atoms with Gasteiger partial charge >= 0.3 is 5.97 Å². The summed E-state index contributed by atoms with van der Waals surface area (Å²) in [5.41, 5.74) is 5.90. The Labute approximate surface area is 213 Å². The van der Waals surface area contributed by atoms with E-state index >= 15 is 0 Å². The van der Waals surface area contributed by atoms with Crippen molar-refractivity contribution in [3.05, 3.63) is 120 Å². The molecule has 2 aromatic carbocycles. The van der Waals surface area contributed by atoms with Crippen molar-refractivity contribution < 1.29 is 14.3 Å². The third kappa shape index (κ3) is 5.59. The van der Waals surface area contributed by atoms with E-state index in [9.17, 15) is 9.59 Å². The number of hydrogen-bond donors (Lipinski definition) is 2. The summed E-state index contributed by atoms with van der Waals surface area (Å²) in [7, 11) is 1.34. The van der Waals surface area contributed by atoms with Crippen molar-refractivity contribution in [2.45, 2.75) is 6.42 Å². The van der Waals surface area contributed by atoms with E-state index < -0.39 is 5.97 Å². The fourth-order valence-electron chi connectivity index (χ4n) is 3.90. The molecule has 8 nitrogen and oxygen atoms in total. The first kappa shape index (κ1) is 23.6. The summed E-state index contributed by atoms with van der Waals surface area (Å²) >= 11 is 0. The lowest BCUT2D eigenvalue weighted by molar-refractivity contribution is 0.0600. The van der Waals surface area contributed by atoms with Crippen molar-refractivity contribution in [1.29, 1.82) is 0 Å². The molecule has 0 bridgehead atoms. The van der Waals surface area contributed by atoms with Crippen molar-refractivity contribution in [3.63, 3.8) is 0 Å². The first-order valence-corrected chi connectivity index (χ1v) is 11.6. The highest BCUT2D eigenvalue weighted by Crippen LogP contribution is 2.26. The molecule has 37 heavy (non-hydrogen) atoms. The largest absolute Gasteiger partial charge is 0.465 e. The number of fused-ring (bicyclic) bond motifs is 1. The Morgan fingerprint density at radius 3 is 2.30 bits per heavy atom. The molecule has 0 spiro atoms. The summed E-state index contributed by atoms with van der Waals surface area (Å²) in [6.45, 7) is 0. The Morgan fingerprint density at radius 2 is 1.57 bits per heavy atom. The average Bonchev–Trinajstić information content (AvgIpc) is 2.94. The number of carbonyl (C=O) groups excluding carboxylic acids is 2. The van der Waals surface area contributed by atoms with Crippen LogP contribution in [0.3, 0.4) is 0 Å². The van der Waals surface area contributed by atoms with Gasteiger partial charge in [0.05, 0.1) is 30.1 Å². The van der Waals surface area contributed by atoms with Gasteiger partial charge in [0.15, 0.2) is 0 Å². The van der Waals surface area contributed by atoms with Crippen molar-refractivity contribution >= 4 is 39.8 Å². The molecule has 5 rings (SSSR count). The average molecular weight is 490 g/mol. The van der Waals surface area contributed by atoms with Crippen LogP contribution in [-0.2, 0) is 11.2 Å². The van der Waals surface area contributed by atoms with Crippen LogP contribution >= 0.6 is 0 Å². The highest BCUT2D eigenvalue weighted by Gasteiger charge is 2.11. The predicted octanol–water partition coefficient (Wildman–Crippen LogP) is 5.40. The van der Waals surface area contributed by atoms with Gasteiger partial charge in [0.2, 0.25) is 0 Å². The van der Waals surface area contributed by atoms with E-state index in [0.717, 1.165) is 28.6 Å². The van der Waals surface area contributed by atoms with E-state index in [1.165, 1.54) is 12.7 Å². The minimum absolute atomic E-state index is 0.291. The molecular weight excluding hydrogens is 466 g/mol. The van der Waals surface area contributed by atoms with Crippen LogP contribution in [0.5, 0.6) is 0 Å². The van der Waals surface area contributed by atoms with E-state index in [1.54, 1.807) is 55.1 Å². The molecule has 0 aliphatic rings. The fourth-order valence-corrected chi connectivity index (χ4v) is 3.90. The Kier molecular flexibility index (Phi) is 6.80. The van der Waals surface area contributed by atoms with Gasteiger partial charge in [0.1, 0.15) is 5.69 Å². The fraction of sp³-hybridized carbons (Fsp3) is 0.0690. The molecular formula is C29H23N5O3. The van der Waals surface area contributed by atoms with Crippen LogP contribution in [0.25, 0.3) is 10.9 Å². The molecule has 0 aliphatic carbocycles. The molecule has 3 heterocycles. The van der Waals surface area contributed by atoms with E-state index in [-0.39, 0.29) is 5.91 Å². The standard InChI is InChI=1S/C29H23N5O3/c1-37-29(36)21-4-8-25-24(17-21)26(12-15-31-25)33-23-7-9-27(32-18-23)28(35)34-22-5-2-19(3-6-22)16-20-10-13-30-14-11-20/h2-15,17-18H,16H2,1H3,(H,31,33)(H,34,35). The Balaban J connectivity index is 1.25. The number of nitrogens with zero attached hydrogens (tertiary/aromatic N) is 3. The Bertz CT molecular complexity index is 1550. The SMILES string of the molecule is COC(=O)c1ccc2nccc(Nc3ccc(C(=O)Nc4ccc(Cc5ccncc5)cc4)nc3)c2c1. The maximum absolute atomic E-state index is 12.7. The van der Waals surface area contributed by atoms with Crippen LogP contribution in [0.4, 0.5) is 17.1 Å². The monoisotopic (exact) mass is 489 g/mol. The van der Waals surface area contributed by atoms with Crippen molar-refractivity contribution in [1.82, 2.24) is 15.0 Å². The number of aromatic nitrogens is 3. The van der Waals surface area contributed by atoms with Gasteiger partial charge in [0, 0.05) is 35.4 Å². The molecule has 3 aromatic heterocycles. The summed E-state index contributed by atoms with van der Waals surface area (Å²) in [6.07, 6.45) is 7.61. The highest BCUT2D eigenvalue weighted by molar-refractivity contribution is 6.03. The van der Waals surface area contributed by atoms with Crippen molar-refractivity contribution in [2.24, 2.45) is 0 Å². The molecule has 8 heteroatoms. The molecule has 2 N–H and O–H groups in total. The number of rotatable bonds is 7. The van der Waals surface area contributed by atoms with E-state index in [2.05, 4.69) is 25.6 Å². The number of anilines is 3. The number of carbonyl (C=O) groups is 2. The minimum atomic E-state index is -0.419. The summed E-state index contributed by atoms with van der Waals surface area (Å²) < 4.78 is 4.82. The first-order valence-electron chi connectivity index (χ1n) is 11.6. The molecule has 0 radical (unpaired) electrons. The number of nitrogens with one attached hydrogen (secondary N) is 2. The Hall–Kier alpha value is -5.11. The van der Waals surface area contributed by atoms with Gasteiger partial charge in [-0.2, -0.15) is 0 Å². The second-order valence-electron chi connectivity index (χ2n) is 8.32. The number of amides is 1. The topological polar surface area (TPSA) is 106 Å². The molecule has 182 valence electrons. The van der Waals surface area contributed by atoms with E-state index in [0.29, 0.717) is 22.6 Å². The van der Waals surface area contributed by atoms with Gasteiger partial charge in [-0.05, 0) is 78.2 Å². The van der Waals surface area contributed by atoms with E-state index in [4.69, 9.17) is 4.74 Å². The quantitative estimate of drug-likeness (QED) is 0.295. The number of hydrogen-bond acceptors (Lipinski definition) is 7. The summed E-state index contributed by atoms with van der Waals surface area (Å²) in [4.78, 5) is 37.3. The molecule has 0 unspecified atom stereocenters. The van der Waals surface area contributed by atoms with Crippen LogP contribution in [0, 0.1) is 0 Å². The molecule has 0 atom stereocenters. The van der Waals surface area contributed by atoms with Crippen LogP contribution in [0.2, 0.25) is 0 Å². The second kappa shape index (κ2) is 10.7. The van der Waals surface area contributed by atoms with Crippen LogP contribution < -0.4 is 10.6 Å². The van der Waals surface area contributed by atoms with Crippen LogP contribution in [0.1, 0.15) is 32.0 Å². The summed E-state index contributed by atoms with van der Waals surface area (Å²) in [5, 5.41) is 6.93. The molecule has 0 fully saturated rings. The third-order valence-corrected chi connectivity index (χ3v) is 5.81. The van der Waals surface area contributed by atoms with Gasteiger partial charge in [-0.3, -0.25) is 14.8 Å². The zero-order chi connectivity index (χ0) is 25.6. The molecule has 0 saturated carbocycles. The second-order valence-corrected chi connectivity index (χ2v) is 8.32. The zero-order valence-corrected chi connectivity index (χ0v) is 20.0. The number of methoxy groups -OCH3 is 1. The van der Waals surface area contributed by atoms with Crippen molar-refractivity contribution in [2.75, 3.05) is 17.7 Å². The molecule has 0 saturated heterocycles. The highest BCUT2D eigenvalue weighted by atomic mass is 16.5. The minimum Gasteiger partial charge on any atom is -0.465 e. The van der Waals surface area contributed by atoms with E-state index in [1.807, 2.05) is 42.5 Å². The normalized spacial score (nSPS) is 10.6. The van der Waals surface area contributed by atoms with Crippen LogP contribution in [0.15, 0.2) is 97.6 Å². The smallest absolute Gasteiger partial charge is 0.337 e. The van der Waals surface area contributed by atoms with Gasteiger partial charge < -0.3 is 15.4 Å². The summed E-state index contributed by atoms with van der Waals surface area (Å²) in [6, 6.07) is 22.1. The molecule has 1 amide bonds. The number of benzene rings is 2. The lowest BCUT2D eigenvalue weighted by Gasteiger charge is -2.11. The third-order valence-electron chi connectivity index (χ3n) is 5.81. The van der Waals surface area contributed by atoms with Gasteiger partial charge in [-0.1, -0.05) is 12.1 Å². The maximum Gasteiger partial charge on any atom is 0.337 e. The van der Waals surface area contributed by atoms with Crippen LogP contribution in [-0.4, -0.2) is 33.9 Å². The number of ether oxygens (including phenoxy) is 1. The van der Waals surface area contributed by atoms with Gasteiger partial charge in [-0.25, -0.2) is 9.78 Å². The molecule has 0 aliphatic heterocycles. The maximum atomic E-state index is 12.7. The lowest BCUT2D eigenvalue weighted by Crippen LogP contribution is -2.13. The van der Waals surface area contributed by atoms with Crippen molar-refractivity contribution in [3.8, 4) is 0 Å². The molecule has 5 aromatic rings. The predicted molar refractivity (Wildman–Crippen MR) is 142 cm³/mol. The summed E-state index contributed by atoms with van der Waals surface area (Å²) in [5.74, 6) is -0.720. The van der Waals surface area contributed by atoms with Gasteiger partial charge in [0.25, 0.3) is 5.91 Å². The number of pyridine rings is 3. The Morgan fingerprint density at radius 1 is 0.811 bits per heavy atom. The first-order chi connectivity index (χ1) is 18.1. The van der Waals surface area contributed by atoms with Gasteiger partial charge in [-0.15, -0.1) is 0 Å². The zero-order valence-electron chi connectivity index (χ0n) is 20.0. The lowest BCUT2D eigenvalue weighted by atomic mass is 10.1. The number of esters is 1.